The topological polar surface area (TPSA) is 72.3 Å². The maximum absolute atomic E-state index is 9.25. The highest BCUT2D eigenvalue weighted by molar-refractivity contribution is 6.32. The number of phenols is 1. The number of rotatable bonds is 5. The molecule has 0 aliphatic rings. The van der Waals surface area contributed by atoms with E-state index >= 15 is 0 Å². The molecule has 0 unspecified atom stereocenters. The summed E-state index contributed by atoms with van der Waals surface area (Å²) in [6, 6.07) is 5.05. The van der Waals surface area contributed by atoms with Crippen LogP contribution in [0.5, 0.6) is 5.75 Å². The third-order valence-corrected chi connectivity index (χ3v) is 2.67. The predicted molar refractivity (Wildman–Crippen MR) is 70.2 cm³/mol. The lowest BCUT2D eigenvalue weighted by Gasteiger charge is -2.12. The Balaban J connectivity index is 0.00000225. The number of halogens is 2. The molecule has 0 aliphatic carbocycles. The van der Waals surface area contributed by atoms with Gasteiger partial charge in [-0.05, 0) is 37.1 Å². The fraction of sp³-hybridized carbons (Fsp3) is 0.455. The second-order valence-corrected chi connectivity index (χ2v) is 4.01. The molecule has 0 fully saturated rings. The van der Waals surface area contributed by atoms with E-state index in [0.717, 1.165) is 24.8 Å². The van der Waals surface area contributed by atoms with Gasteiger partial charge in [0, 0.05) is 6.04 Å². The molecule has 1 aromatic rings. The van der Waals surface area contributed by atoms with Gasteiger partial charge in [0.25, 0.3) is 0 Å². The summed E-state index contributed by atoms with van der Waals surface area (Å²) < 4.78 is 0. The summed E-state index contributed by atoms with van der Waals surface area (Å²) in [7, 11) is 0. The van der Waals surface area contributed by atoms with E-state index in [2.05, 4.69) is 0 Å². The van der Waals surface area contributed by atoms with Crippen molar-refractivity contribution >= 4 is 24.0 Å². The van der Waals surface area contributed by atoms with E-state index in [1.807, 2.05) is 0 Å². The van der Waals surface area contributed by atoms with Gasteiger partial charge in [-0.15, -0.1) is 12.4 Å². The predicted octanol–water partition coefficient (Wildman–Crippen LogP) is 2.60. The van der Waals surface area contributed by atoms with Crippen LogP contribution in [0.4, 0.5) is 0 Å². The molecule has 0 saturated carbocycles. The van der Waals surface area contributed by atoms with Gasteiger partial charge in [0.2, 0.25) is 0 Å². The van der Waals surface area contributed by atoms with Crippen LogP contribution in [-0.4, -0.2) is 11.7 Å². The molecule has 0 bridgehead atoms. The summed E-state index contributed by atoms with van der Waals surface area (Å²) in [6.45, 7) is 0.697. The van der Waals surface area contributed by atoms with Gasteiger partial charge in [-0.2, -0.15) is 0 Å². The first kappa shape index (κ1) is 15.5. The van der Waals surface area contributed by atoms with Gasteiger partial charge in [0.05, 0.1) is 5.02 Å². The summed E-state index contributed by atoms with van der Waals surface area (Å²) in [5.74, 6) is 0.0922. The Morgan fingerprint density at radius 1 is 1.31 bits per heavy atom. The molecule has 0 radical (unpaired) electrons. The molecule has 1 atom stereocenters. The molecule has 5 N–H and O–H groups in total. The lowest BCUT2D eigenvalue weighted by molar-refractivity contribution is 0.475. The Bertz CT molecular complexity index is 321. The van der Waals surface area contributed by atoms with E-state index < -0.39 is 0 Å². The third kappa shape index (κ3) is 4.58. The quantitative estimate of drug-likeness (QED) is 0.716. The van der Waals surface area contributed by atoms with Gasteiger partial charge < -0.3 is 16.6 Å². The van der Waals surface area contributed by atoms with Crippen LogP contribution in [0.1, 0.15) is 30.9 Å². The van der Waals surface area contributed by atoms with Crippen LogP contribution in [0.15, 0.2) is 18.2 Å². The summed E-state index contributed by atoms with van der Waals surface area (Å²) >= 11 is 5.79. The molecule has 3 nitrogen and oxygen atoms in total. The SMILES string of the molecule is Cl.NCCCC[C@@H](N)c1ccc(O)c(Cl)c1. The molecule has 1 aromatic carbocycles. The van der Waals surface area contributed by atoms with E-state index in [1.165, 1.54) is 0 Å². The highest BCUT2D eigenvalue weighted by atomic mass is 35.5. The molecule has 0 aromatic heterocycles. The summed E-state index contributed by atoms with van der Waals surface area (Å²) in [5, 5.41) is 9.60. The second kappa shape index (κ2) is 7.74. The van der Waals surface area contributed by atoms with Gasteiger partial charge in [0.1, 0.15) is 5.75 Å². The Labute approximate surface area is 107 Å². The maximum Gasteiger partial charge on any atom is 0.134 e. The lowest BCUT2D eigenvalue weighted by atomic mass is 10.0. The van der Waals surface area contributed by atoms with Crippen molar-refractivity contribution in [2.24, 2.45) is 11.5 Å². The number of unbranched alkanes of at least 4 members (excludes halogenated alkanes) is 1. The van der Waals surface area contributed by atoms with E-state index in [4.69, 9.17) is 23.1 Å². The average Bonchev–Trinajstić information content (AvgIpc) is 2.22. The minimum Gasteiger partial charge on any atom is -0.506 e. The molecule has 92 valence electrons. The van der Waals surface area contributed by atoms with Crippen molar-refractivity contribution in [3.8, 4) is 5.75 Å². The highest BCUT2D eigenvalue weighted by Crippen LogP contribution is 2.27. The first-order valence-corrected chi connectivity index (χ1v) is 5.47. The molecule has 0 heterocycles. The second-order valence-electron chi connectivity index (χ2n) is 3.60. The Kier molecular flexibility index (Phi) is 7.51. The van der Waals surface area contributed by atoms with Crippen molar-refractivity contribution in [1.29, 1.82) is 0 Å². The minimum atomic E-state index is -0.0327. The zero-order chi connectivity index (χ0) is 11.3. The van der Waals surface area contributed by atoms with Crippen LogP contribution in [0.3, 0.4) is 0 Å². The Morgan fingerprint density at radius 2 is 2.00 bits per heavy atom. The number of phenolic OH excluding ortho intramolecular Hbond substituents is 1. The van der Waals surface area contributed by atoms with Crippen molar-refractivity contribution in [2.75, 3.05) is 6.54 Å². The zero-order valence-electron chi connectivity index (χ0n) is 9.03. The van der Waals surface area contributed by atoms with E-state index in [-0.39, 0.29) is 24.2 Å². The molecular formula is C11H18Cl2N2O. The third-order valence-electron chi connectivity index (χ3n) is 2.37. The number of benzene rings is 1. The van der Waals surface area contributed by atoms with Gasteiger partial charge >= 0.3 is 0 Å². The van der Waals surface area contributed by atoms with Gasteiger partial charge in [0.15, 0.2) is 0 Å². The minimum absolute atomic E-state index is 0. The molecule has 0 amide bonds. The van der Waals surface area contributed by atoms with E-state index in [0.29, 0.717) is 11.6 Å². The van der Waals surface area contributed by atoms with Gasteiger partial charge in [-0.1, -0.05) is 24.1 Å². The number of aromatic hydroxyl groups is 1. The van der Waals surface area contributed by atoms with Crippen molar-refractivity contribution in [3.63, 3.8) is 0 Å². The van der Waals surface area contributed by atoms with Crippen LogP contribution in [-0.2, 0) is 0 Å². The highest BCUT2D eigenvalue weighted by Gasteiger charge is 2.07. The van der Waals surface area contributed by atoms with Gasteiger partial charge in [-0.25, -0.2) is 0 Å². The molecule has 0 spiro atoms. The Morgan fingerprint density at radius 3 is 2.56 bits per heavy atom. The summed E-state index contributed by atoms with van der Waals surface area (Å²) in [6.07, 6.45) is 2.88. The first-order chi connectivity index (χ1) is 7.15. The van der Waals surface area contributed by atoms with Crippen molar-refractivity contribution < 1.29 is 5.11 Å². The van der Waals surface area contributed by atoms with Crippen molar-refractivity contribution in [1.82, 2.24) is 0 Å². The molecule has 16 heavy (non-hydrogen) atoms. The average molecular weight is 265 g/mol. The summed E-state index contributed by atoms with van der Waals surface area (Å²) in [5.41, 5.74) is 12.3. The van der Waals surface area contributed by atoms with Crippen LogP contribution < -0.4 is 11.5 Å². The van der Waals surface area contributed by atoms with Crippen molar-refractivity contribution in [3.05, 3.63) is 28.8 Å². The first-order valence-electron chi connectivity index (χ1n) is 5.09. The van der Waals surface area contributed by atoms with Gasteiger partial charge in [-0.3, -0.25) is 0 Å². The molecule has 0 saturated heterocycles. The molecular weight excluding hydrogens is 247 g/mol. The number of hydrogen-bond acceptors (Lipinski definition) is 3. The fourth-order valence-electron chi connectivity index (χ4n) is 1.43. The van der Waals surface area contributed by atoms with Crippen LogP contribution in [0, 0.1) is 0 Å². The normalized spacial score (nSPS) is 11.9. The number of hydrogen-bond donors (Lipinski definition) is 3. The smallest absolute Gasteiger partial charge is 0.134 e. The molecule has 1 rings (SSSR count). The Hall–Kier alpha value is -0.480. The molecule has 5 heteroatoms. The summed E-state index contributed by atoms with van der Waals surface area (Å²) in [4.78, 5) is 0. The van der Waals surface area contributed by atoms with E-state index in [1.54, 1.807) is 18.2 Å². The molecule has 0 aliphatic heterocycles. The van der Waals surface area contributed by atoms with Crippen LogP contribution in [0.25, 0.3) is 0 Å². The number of nitrogens with two attached hydrogens (primary N) is 2. The van der Waals surface area contributed by atoms with Crippen LogP contribution in [0.2, 0.25) is 5.02 Å². The van der Waals surface area contributed by atoms with E-state index in [9.17, 15) is 5.11 Å². The fourth-order valence-corrected chi connectivity index (χ4v) is 1.62. The van der Waals surface area contributed by atoms with Crippen LogP contribution >= 0.6 is 24.0 Å². The zero-order valence-corrected chi connectivity index (χ0v) is 10.6. The van der Waals surface area contributed by atoms with Crippen molar-refractivity contribution in [2.45, 2.75) is 25.3 Å². The lowest BCUT2D eigenvalue weighted by Crippen LogP contribution is -2.11. The maximum atomic E-state index is 9.25. The largest absolute Gasteiger partial charge is 0.506 e. The monoisotopic (exact) mass is 264 g/mol. The standard InChI is InChI=1S/C11H17ClN2O.ClH/c12-9-7-8(4-5-11(9)15)10(14)3-1-2-6-13;/h4-5,7,10,15H,1-3,6,13-14H2;1H/t10-;/m1./s1.